The zero-order valence-corrected chi connectivity index (χ0v) is 51.9. The maximum absolute atomic E-state index is 16.5. The van der Waals surface area contributed by atoms with Crippen molar-refractivity contribution < 1.29 is 49.5 Å². The number of hydrogen-bond acceptors (Lipinski definition) is 5. The summed E-state index contributed by atoms with van der Waals surface area (Å²) in [6.07, 6.45) is -11.7. The van der Waals surface area contributed by atoms with Crippen molar-refractivity contribution in [3.8, 4) is 5.75 Å². The van der Waals surface area contributed by atoms with Crippen molar-refractivity contribution >= 4 is 129 Å². The van der Waals surface area contributed by atoms with Crippen LogP contribution in [0.4, 0.5) is 26.3 Å². The fraction of sp³-hybridized carbons (Fsp3) is 0.0500. The standard InChI is InChI=1S/C80H55BF6O5P2/c82-79(83,84)62-49-63(80(85,86)87)51-64(50-62)90-81(91-93(65-29-11-3-12-30-65,66-31-13-4-14-32-66,52-71(88)54-21-7-1-8-22-54)73-47-43-60-39-37-56-25-19-27-58-41-45-69(73)77(60)75(56)58)92-94(67-33-15-5-16-34-67,68-35-17-6-18-36-68,53-72(89)55-23-9-2-10-24-55)74-48-44-61-40-38-57-26-20-28-59-42-46-70(74)78(61)76(57)59/h1-51H,52-53H2. The van der Waals surface area contributed by atoms with Gasteiger partial charge in [-0.05, 0) is 0 Å². The summed E-state index contributed by atoms with van der Waals surface area (Å²) in [6, 6.07) is 90.8. The molecule has 0 fully saturated rings. The zero-order valence-electron chi connectivity index (χ0n) is 50.1. The quantitative estimate of drug-likeness (QED) is 0.0282. The number of Topliss-reactive ketones (excluding diaryl/α,β-unsaturated/α-hetero) is 2. The van der Waals surface area contributed by atoms with Gasteiger partial charge in [0.1, 0.15) is 0 Å². The van der Waals surface area contributed by atoms with E-state index in [9.17, 15) is 0 Å². The molecule has 15 aromatic carbocycles. The number of benzene rings is 15. The third-order valence-corrected chi connectivity index (χ3v) is 30.2. The molecular formula is C80H55BF6O5P2. The molecule has 94 heavy (non-hydrogen) atoms. The van der Waals surface area contributed by atoms with Crippen LogP contribution < -0.4 is 36.5 Å². The summed E-state index contributed by atoms with van der Waals surface area (Å²) in [7, 11) is -2.48. The molecule has 0 aliphatic heterocycles. The second-order valence-corrected chi connectivity index (χ2v) is 32.8. The summed E-state index contributed by atoms with van der Waals surface area (Å²) in [5, 5.41) is 12.7. The number of carbonyl (C=O) groups excluding carboxylic acids is 2. The fourth-order valence-corrected chi connectivity index (χ4v) is 26.1. The van der Waals surface area contributed by atoms with Crippen molar-refractivity contribution in [2.24, 2.45) is 0 Å². The SMILES string of the molecule is O=C(CP(OB(Oc1cc(C(F)(F)F)cc(C(F)(F)F)c1)OP(CC(=O)c1ccccc1)(c1ccccc1)(c1ccccc1)c1ccc2ccc3cccc4ccc1c2c34)(c1ccccc1)(c1ccccc1)c1ccc2ccc3cccc4ccc1c2c34)c1ccccc1. The Morgan fingerprint density at radius 1 is 0.319 bits per heavy atom. The third-order valence-electron chi connectivity index (χ3n) is 18.8. The molecule has 5 nitrogen and oxygen atoms in total. The Balaban J connectivity index is 1.16. The van der Waals surface area contributed by atoms with Gasteiger partial charge in [0.25, 0.3) is 0 Å². The second kappa shape index (κ2) is 22.9. The van der Waals surface area contributed by atoms with Gasteiger partial charge < -0.3 is 0 Å². The van der Waals surface area contributed by atoms with Crippen molar-refractivity contribution in [1.29, 1.82) is 0 Å². The van der Waals surface area contributed by atoms with Crippen LogP contribution in [0, 0.1) is 0 Å². The van der Waals surface area contributed by atoms with Crippen LogP contribution in [-0.2, 0) is 21.2 Å². The molecule has 0 aliphatic rings. The predicted octanol–water partition coefficient (Wildman–Crippen LogP) is 18.6. The molecule has 0 bridgehead atoms. The van der Waals surface area contributed by atoms with Crippen LogP contribution in [0.5, 0.6) is 5.75 Å². The molecular weight excluding hydrogens is 1230 g/mol. The molecule has 0 aliphatic carbocycles. The van der Waals surface area contributed by atoms with E-state index in [4.69, 9.17) is 13.5 Å². The van der Waals surface area contributed by atoms with Crippen molar-refractivity contribution in [1.82, 2.24) is 0 Å². The number of carbonyl (C=O) groups is 2. The molecule has 15 aromatic rings. The molecule has 0 unspecified atom stereocenters. The molecule has 0 saturated heterocycles. The van der Waals surface area contributed by atoms with Gasteiger partial charge in [-0.25, -0.2) is 0 Å². The number of hydrogen-bond donors (Lipinski definition) is 0. The van der Waals surface area contributed by atoms with E-state index in [1.54, 1.807) is 60.7 Å². The van der Waals surface area contributed by atoms with Gasteiger partial charge in [-0.3, -0.25) is 0 Å². The molecule has 15 rings (SSSR count). The topological polar surface area (TPSA) is 61.8 Å². The zero-order chi connectivity index (χ0) is 64.5. The van der Waals surface area contributed by atoms with E-state index >= 15 is 35.9 Å². The summed E-state index contributed by atoms with van der Waals surface area (Å²) < 4.78 is 118. The van der Waals surface area contributed by atoms with Crippen LogP contribution in [0.3, 0.4) is 0 Å². The molecule has 0 saturated carbocycles. The van der Waals surface area contributed by atoms with Gasteiger partial charge in [-0.2, -0.15) is 0 Å². The first kappa shape index (κ1) is 60.2. The number of rotatable bonds is 18. The van der Waals surface area contributed by atoms with Gasteiger partial charge in [0.15, 0.2) is 0 Å². The van der Waals surface area contributed by atoms with E-state index in [-0.39, 0.29) is 17.2 Å². The van der Waals surface area contributed by atoms with Crippen molar-refractivity contribution in [3.05, 3.63) is 332 Å². The third kappa shape index (κ3) is 9.64. The van der Waals surface area contributed by atoms with Gasteiger partial charge in [-0.15, -0.1) is 0 Å². The van der Waals surface area contributed by atoms with Crippen molar-refractivity contribution in [2.75, 3.05) is 12.3 Å². The molecule has 0 spiro atoms. The van der Waals surface area contributed by atoms with E-state index in [1.807, 2.05) is 231 Å². The molecule has 0 aromatic heterocycles. The summed E-state index contributed by atoms with van der Waals surface area (Å²) in [5.41, 5.74) is -2.77. The van der Waals surface area contributed by atoms with Gasteiger partial charge in [-0.1, -0.05) is 0 Å². The van der Waals surface area contributed by atoms with Crippen molar-refractivity contribution in [3.63, 3.8) is 0 Å². The maximum atomic E-state index is 16.5. The predicted molar refractivity (Wildman–Crippen MR) is 374 cm³/mol. The Morgan fingerprint density at radius 3 is 0.926 bits per heavy atom. The molecule has 0 heterocycles. The summed E-state index contributed by atoms with van der Waals surface area (Å²) >= 11 is 0. The molecule has 0 N–H and O–H groups in total. The molecule has 14 heteroatoms. The summed E-state index contributed by atoms with van der Waals surface area (Å²) in [4.78, 5) is 33.0. The van der Waals surface area contributed by atoms with Crippen LogP contribution in [0.2, 0.25) is 0 Å². The summed E-state index contributed by atoms with van der Waals surface area (Å²) in [6.45, 7) is -11.3. The van der Waals surface area contributed by atoms with E-state index < -0.39 is 74.1 Å². The Bertz CT molecular complexity index is 4920. The van der Waals surface area contributed by atoms with E-state index in [0.717, 1.165) is 53.9 Å². The second-order valence-electron chi connectivity index (χ2n) is 23.9. The molecule has 460 valence electrons. The van der Waals surface area contributed by atoms with Gasteiger partial charge in [0, 0.05) is 0 Å². The number of halogens is 6. The average Bonchev–Trinajstić information content (AvgIpc) is 0.682. The Hall–Kier alpha value is -10.1. The Morgan fingerprint density at radius 2 is 0.606 bits per heavy atom. The fourth-order valence-electron chi connectivity index (χ4n) is 14.6. The first-order valence-electron chi connectivity index (χ1n) is 30.6. The van der Waals surface area contributed by atoms with E-state index in [1.165, 1.54) is 0 Å². The first-order valence-corrected chi connectivity index (χ1v) is 35.3. The minimum absolute atomic E-state index is 0.0397. The molecule has 0 amide bonds. The van der Waals surface area contributed by atoms with Crippen molar-refractivity contribution in [2.45, 2.75) is 12.4 Å². The van der Waals surface area contributed by atoms with Crippen LogP contribution in [0.1, 0.15) is 31.8 Å². The van der Waals surface area contributed by atoms with Crippen LogP contribution in [0.15, 0.2) is 309 Å². The van der Waals surface area contributed by atoms with Gasteiger partial charge in [0.2, 0.25) is 0 Å². The Labute approximate surface area is 537 Å². The molecule has 0 atom stereocenters. The van der Waals surface area contributed by atoms with Gasteiger partial charge >= 0.3 is 541 Å². The van der Waals surface area contributed by atoms with Crippen LogP contribution >= 0.6 is 13.7 Å². The minimum atomic E-state index is -5.67. The van der Waals surface area contributed by atoms with E-state index in [0.29, 0.717) is 54.7 Å². The number of ketones is 2. The van der Waals surface area contributed by atoms with E-state index in [2.05, 4.69) is 0 Å². The average molecular weight is 1280 g/mol. The van der Waals surface area contributed by atoms with Crippen LogP contribution in [-0.4, -0.2) is 31.2 Å². The molecule has 0 radical (unpaired) electrons. The first-order chi connectivity index (χ1) is 45.5. The van der Waals surface area contributed by atoms with Crippen LogP contribution in [0.25, 0.3) is 64.6 Å². The Kier molecular flexibility index (Phi) is 14.7. The van der Waals surface area contributed by atoms with Gasteiger partial charge in [0.05, 0.1) is 0 Å². The normalized spacial score (nSPS) is 13.3. The monoisotopic (exact) mass is 1280 g/mol. The number of alkyl halides is 6. The summed E-state index contributed by atoms with van der Waals surface area (Å²) in [5.74, 6) is -1.79.